The number of benzene rings is 3. The summed E-state index contributed by atoms with van der Waals surface area (Å²) in [7, 11) is 0. The molecule has 0 amide bonds. The summed E-state index contributed by atoms with van der Waals surface area (Å²) in [5, 5.41) is 18.7. The van der Waals surface area contributed by atoms with Crippen molar-refractivity contribution in [2.75, 3.05) is 13.2 Å². The monoisotopic (exact) mass is 424 g/mol. The first-order chi connectivity index (χ1) is 15.6. The van der Waals surface area contributed by atoms with Crippen LogP contribution in [0.25, 0.3) is 16.8 Å². The van der Waals surface area contributed by atoms with Gasteiger partial charge in [-0.1, -0.05) is 30.3 Å². The fourth-order valence-electron chi connectivity index (χ4n) is 3.29. The molecule has 0 unspecified atom stereocenters. The SMILES string of the molecule is N#Cc1cn(-c2ccc(C(=O)O)cc2)cc1-c1cccc(OCCOc2ccccc2)c1. The first kappa shape index (κ1) is 20.8. The third-order valence-electron chi connectivity index (χ3n) is 4.87. The van der Waals surface area contributed by atoms with E-state index in [0.717, 1.165) is 22.6 Å². The second-order valence-corrected chi connectivity index (χ2v) is 6.99. The van der Waals surface area contributed by atoms with Crippen molar-refractivity contribution in [1.29, 1.82) is 5.26 Å². The first-order valence-corrected chi connectivity index (χ1v) is 10.0. The number of carboxylic acids is 1. The van der Waals surface area contributed by atoms with Gasteiger partial charge in [0.25, 0.3) is 0 Å². The fraction of sp³-hybridized carbons (Fsp3) is 0.0769. The molecular formula is C26H20N2O4. The van der Waals surface area contributed by atoms with Crippen molar-refractivity contribution < 1.29 is 19.4 Å². The maximum absolute atomic E-state index is 11.1. The normalized spacial score (nSPS) is 10.3. The van der Waals surface area contributed by atoms with Crippen LogP contribution < -0.4 is 9.47 Å². The molecule has 0 bridgehead atoms. The maximum Gasteiger partial charge on any atom is 0.335 e. The van der Waals surface area contributed by atoms with Crippen LogP contribution in [0.3, 0.4) is 0 Å². The zero-order valence-corrected chi connectivity index (χ0v) is 17.1. The van der Waals surface area contributed by atoms with Crippen LogP contribution >= 0.6 is 0 Å². The highest BCUT2D eigenvalue weighted by molar-refractivity contribution is 5.87. The third kappa shape index (κ3) is 4.79. The van der Waals surface area contributed by atoms with Crippen LogP contribution in [-0.2, 0) is 0 Å². The molecule has 0 aliphatic rings. The van der Waals surface area contributed by atoms with Crippen molar-refractivity contribution >= 4 is 5.97 Å². The van der Waals surface area contributed by atoms with Gasteiger partial charge in [-0.2, -0.15) is 5.26 Å². The van der Waals surface area contributed by atoms with Crippen molar-refractivity contribution in [3.8, 4) is 34.4 Å². The van der Waals surface area contributed by atoms with Crippen LogP contribution in [0.1, 0.15) is 15.9 Å². The number of ether oxygens (including phenoxy) is 2. The molecule has 3 aromatic carbocycles. The van der Waals surface area contributed by atoms with E-state index in [2.05, 4.69) is 6.07 Å². The average molecular weight is 424 g/mol. The van der Waals surface area contributed by atoms with E-state index < -0.39 is 5.97 Å². The van der Waals surface area contributed by atoms with Crippen molar-refractivity contribution in [1.82, 2.24) is 4.57 Å². The van der Waals surface area contributed by atoms with Crippen LogP contribution in [0.2, 0.25) is 0 Å². The summed E-state index contributed by atoms with van der Waals surface area (Å²) in [5.74, 6) is 0.497. The first-order valence-electron chi connectivity index (χ1n) is 10.0. The topological polar surface area (TPSA) is 84.5 Å². The van der Waals surface area contributed by atoms with E-state index in [1.807, 2.05) is 60.8 Å². The number of carbonyl (C=O) groups is 1. The minimum Gasteiger partial charge on any atom is -0.490 e. The van der Waals surface area contributed by atoms with Gasteiger partial charge in [0.2, 0.25) is 0 Å². The number of nitrogens with zero attached hydrogens (tertiary/aromatic N) is 2. The molecule has 4 aromatic rings. The lowest BCUT2D eigenvalue weighted by molar-refractivity contribution is 0.0697. The van der Waals surface area contributed by atoms with Gasteiger partial charge in [-0.3, -0.25) is 0 Å². The predicted octanol–water partition coefficient (Wildman–Crippen LogP) is 5.17. The maximum atomic E-state index is 11.1. The van der Waals surface area contributed by atoms with Crippen molar-refractivity contribution in [2.45, 2.75) is 0 Å². The van der Waals surface area contributed by atoms with E-state index in [1.165, 1.54) is 12.1 Å². The van der Waals surface area contributed by atoms with Crippen LogP contribution in [0, 0.1) is 11.3 Å². The van der Waals surface area contributed by atoms with E-state index in [0.29, 0.717) is 24.5 Å². The fourth-order valence-corrected chi connectivity index (χ4v) is 3.29. The second-order valence-electron chi connectivity index (χ2n) is 6.99. The van der Waals surface area contributed by atoms with Gasteiger partial charge in [0, 0.05) is 23.6 Å². The molecule has 32 heavy (non-hydrogen) atoms. The highest BCUT2D eigenvalue weighted by Gasteiger charge is 2.11. The number of carboxylic acid groups (broad SMARTS) is 1. The average Bonchev–Trinajstić information content (AvgIpc) is 3.27. The van der Waals surface area contributed by atoms with E-state index in [-0.39, 0.29) is 5.56 Å². The van der Waals surface area contributed by atoms with E-state index >= 15 is 0 Å². The number of nitriles is 1. The molecule has 0 saturated carbocycles. The lowest BCUT2D eigenvalue weighted by Gasteiger charge is -2.09. The van der Waals surface area contributed by atoms with Crippen molar-refractivity contribution in [3.63, 3.8) is 0 Å². The summed E-state index contributed by atoms with van der Waals surface area (Å²) in [6.45, 7) is 0.806. The molecule has 0 saturated heterocycles. The predicted molar refractivity (Wildman–Crippen MR) is 120 cm³/mol. The Hall–Kier alpha value is -4.50. The molecule has 1 N–H and O–H groups in total. The molecule has 0 aliphatic carbocycles. The largest absolute Gasteiger partial charge is 0.490 e. The Kier molecular flexibility index (Phi) is 6.19. The van der Waals surface area contributed by atoms with E-state index in [1.54, 1.807) is 22.9 Å². The van der Waals surface area contributed by atoms with Gasteiger partial charge in [-0.15, -0.1) is 0 Å². The Labute approximate surface area is 185 Å². The summed E-state index contributed by atoms with van der Waals surface area (Å²) >= 11 is 0. The van der Waals surface area contributed by atoms with Crippen LogP contribution in [0.4, 0.5) is 0 Å². The molecule has 0 radical (unpaired) electrons. The van der Waals surface area contributed by atoms with Crippen molar-refractivity contribution in [3.05, 3.63) is 102 Å². The summed E-state index contributed by atoms with van der Waals surface area (Å²) in [4.78, 5) is 11.1. The molecular weight excluding hydrogens is 404 g/mol. The third-order valence-corrected chi connectivity index (χ3v) is 4.87. The smallest absolute Gasteiger partial charge is 0.335 e. The Morgan fingerprint density at radius 1 is 0.875 bits per heavy atom. The highest BCUT2D eigenvalue weighted by Crippen LogP contribution is 2.29. The molecule has 0 fully saturated rings. The van der Waals surface area contributed by atoms with Gasteiger partial charge in [0.05, 0.1) is 11.1 Å². The zero-order valence-electron chi connectivity index (χ0n) is 17.1. The molecule has 0 spiro atoms. The molecule has 0 aliphatic heterocycles. The quantitative estimate of drug-likeness (QED) is 0.394. The van der Waals surface area contributed by atoms with E-state index in [4.69, 9.17) is 14.6 Å². The lowest BCUT2D eigenvalue weighted by atomic mass is 10.1. The standard InChI is InChI=1S/C26H20N2O4/c27-16-21-17-28(22-11-9-19(10-12-22)26(29)30)18-25(21)20-5-4-8-24(15-20)32-14-13-31-23-6-2-1-3-7-23/h1-12,15,17-18H,13-14H2,(H,29,30). The van der Waals surface area contributed by atoms with Gasteiger partial charge in [0.15, 0.2) is 0 Å². The molecule has 6 heteroatoms. The minimum atomic E-state index is -0.978. The van der Waals surface area contributed by atoms with Crippen LogP contribution in [0.15, 0.2) is 91.3 Å². The van der Waals surface area contributed by atoms with Gasteiger partial charge in [-0.05, 0) is 54.1 Å². The summed E-state index contributed by atoms with van der Waals surface area (Å²) in [6, 6.07) is 25.8. The lowest BCUT2D eigenvalue weighted by Crippen LogP contribution is -2.08. The molecule has 1 aromatic heterocycles. The van der Waals surface area contributed by atoms with Gasteiger partial charge in [0.1, 0.15) is 30.8 Å². The van der Waals surface area contributed by atoms with Crippen molar-refractivity contribution in [2.24, 2.45) is 0 Å². The Morgan fingerprint density at radius 3 is 2.25 bits per heavy atom. The van der Waals surface area contributed by atoms with Gasteiger partial charge < -0.3 is 19.1 Å². The molecule has 0 atom stereocenters. The zero-order chi connectivity index (χ0) is 22.3. The molecule has 4 rings (SSSR count). The van der Waals surface area contributed by atoms with Crippen LogP contribution in [0.5, 0.6) is 11.5 Å². The Balaban J connectivity index is 1.48. The number of rotatable bonds is 8. The minimum absolute atomic E-state index is 0.211. The molecule has 1 heterocycles. The number of aromatic carboxylic acids is 1. The van der Waals surface area contributed by atoms with Crippen LogP contribution in [-0.4, -0.2) is 28.9 Å². The summed E-state index contributed by atoms with van der Waals surface area (Å²) in [5.41, 5.74) is 3.10. The Bertz CT molecular complexity index is 1260. The molecule has 6 nitrogen and oxygen atoms in total. The second kappa shape index (κ2) is 9.54. The number of aromatic nitrogens is 1. The van der Waals surface area contributed by atoms with Gasteiger partial charge in [-0.25, -0.2) is 4.79 Å². The Morgan fingerprint density at radius 2 is 1.56 bits per heavy atom. The highest BCUT2D eigenvalue weighted by atomic mass is 16.5. The summed E-state index contributed by atoms with van der Waals surface area (Å²) in [6.07, 6.45) is 3.58. The number of hydrogen-bond donors (Lipinski definition) is 1. The molecule has 158 valence electrons. The summed E-state index contributed by atoms with van der Waals surface area (Å²) < 4.78 is 13.3. The number of hydrogen-bond acceptors (Lipinski definition) is 4. The number of para-hydroxylation sites is 1. The van der Waals surface area contributed by atoms with Gasteiger partial charge >= 0.3 is 5.97 Å². The van der Waals surface area contributed by atoms with E-state index in [9.17, 15) is 10.1 Å².